The summed E-state index contributed by atoms with van der Waals surface area (Å²) >= 11 is 3.56. The molecule has 1 aliphatic rings. The van der Waals surface area contributed by atoms with E-state index in [0.29, 0.717) is 11.6 Å². The van der Waals surface area contributed by atoms with Crippen LogP contribution in [0.1, 0.15) is 48.0 Å². The van der Waals surface area contributed by atoms with E-state index in [-0.39, 0.29) is 5.91 Å². The van der Waals surface area contributed by atoms with Gasteiger partial charge in [0.2, 0.25) is 0 Å². The Kier molecular flexibility index (Phi) is 5.51. The van der Waals surface area contributed by atoms with E-state index in [1.54, 1.807) is 12.4 Å². The van der Waals surface area contributed by atoms with Crippen LogP contribution in [0.4, 0.5) is 11.4 Å². The number of benzene rings is 1. The normalized spacial score (nSPS) is 15.1. The molecule has 0 bridgehead atoms. The lowest BCUT2D eigenvalue weighted by atomic mass is 9.95. The Morgan fingerprint density at radius 1 is 1.17 bits per heavy atom. The van der Waals surface area contributed by atoms with E-state index >= 15 is 0 Å². The van der Waals surface area contributed by atoms with Crippen LogP contribution in [-0.2, 0) is 0 Å². The summed E-state index contributed by atoms with van der Waals surface area (Å²) in [5.41, 5.74) is 3.53. The van der Waals surface area contributed by atoms with Gasteiger partial charge in [0.1, 0.15) is 0 Å². The number of pyridine rings is 1. The van der Waals surface area contributed by atoms with Gasteiger partial charge in [-0.2, -0.15) is 0 Å². The predicted octanol–water partition coefficient (Wildman–Crippen LogP) is 4.96. The summed E-state index contributed by atoms with van der Waals surface area (Å²) < 4.78 is 0.986. The Balaban J connectivity index is 1.70. The maximum Gasteiger partial charge on any atom is 0.253 e. The minimum atomic E-state index is -0.0407. The number of aromatic nitrogens is 1. The van der Waals surface area contributed by atoms with Gasteiger partial charge in [-0.1, -0.05) is 25.3 Å². The second-order valence-corrected chi connectivity index (χ2v) is 7.23. The highest BCUT2D eigenvalue weighted by molar-refractivity contribution is 9.10. The fourth-order valence-corrected chi connectivity index (χ4v) is 3.62. The zero-order chi connectivity index (χ0) is 16.9. The van der Waals surface area contributed by atoms with Crippen molar-refractivity contribution < 1.29 is 4.79 Å². The van der Waals surface area contributed by atoms with E-state index < -0.39 is 0 Å². The van der Waals surface area contributed by atoms with Crippen LogP contribution in [0.25, 0.3) is 0 Å². The number of nitrogens with one attached hydrogen (secondary N) is 2. The summed E-state index contributed by atoms with van der Waals surface area (Å²) in [4.78, 5) is 16.6. The average molecular weight is 388 g/mol. The standard InChI is InChI=1S/C19H22BrN3O/c1-13-7-8-18(17(20)9-13)22-16-10-14(11-21-12-16)19(24)23-15-5-3-2-4-6-15/h7-12,15,22H,2-6H2,1H3,(H,23,24). The average Bonchev–Trinajstić information content (AvgIpc) is 2.59. The molecule has 3 rings (SSSR count). The molecule has 1 amide bonds. The van der Waals surface area contributed by atoms with Crippen LogP contribution in [0.15, 0.2) is 41.1 Å². The van der Waals surface area contributed by atoms with Gasteiger partial charge >= 0.3 is 0 Å². The Bertz CT molecular complexity index is 726. The molecule has 4 nitrogen and oxygen atoms in total. The van der Waals surface area contributed by atoms with Gasteiger partial charge in [0.25, 0.3) is 5.91 Å². The zero-order valence-corrected chi connectivity index (χ0v) is 15.4. The van der Waals surface area contributed by atoms with Crippen molar-refractivity contribution in [2.75, 3.05) is 5.32 Å². The number of rotatable bonds is 4. The van der Waals surface area contributed by atoms with Gasteiger partial charge in [-0.15, -0.1) is 0 Å². The molecule has 2 aromatic rings. The van der Waals surface area contributed by atoms with Crippen LogP contribution < -0.4 is 10.6 Å². The molecule has 1 heterocycles. The maximum absolute atomic E-state index is 12.4. The lowest BCUT2D eigenvalue weighted by Crippen LogP contribution is -2.36. The van der Waals surface area contributed by atoms with Crippen LogP contribution in [0.2, 0.25) is 0 Å². The second kappa shape index (κ2) is 7.79. The third kappa shape index (κ3) is 4.35. The molecule has 0 unspecified atom stereocenters. The van der Waals surface area contributed by atoms with Gasteiger partial charge in [0.15, 0.2) is 0 Å². The minimum Gasteiger partial charge on any atom is -0.353 e. The van der Waals surface area contributed by atoms with Gasteiger partial charge < -0.3 is 10.6 Å². The molecule has 1 aromatic heterocycles. The maximum atomic E-state index is 12.4. The number of hydrogen-bond donors (Lipinski definition) is 2. The Morgan fingerprint density at radius 3 is 2.71 bits per heavy atom. The number of aryl methyl sites for hydroxylation is 1. The first-order valence-corrected chi connectivity index (χ1v) is 9.20. The van der Waals surface area contributed by atoms with E-state index in [9.17, 15) is 4.79 Å². The van der Waals surface area contributed by atoms with Crippen LogP contribution in [-0.4, -0.2) is 16.9 Å². The lowest BCUT2D eigenvalue weighted by Gasteiger charge is -2.22. The zero-order valence-electron chi connectivity index (χ0n) is 13.8. The van der Waals surface area contributed by atoms with Gasteiger partial charge in [-0.3, -0.25) is 9.78 Å². The molecule has 0 atom stereocenters. The highest BCUT2D eigenvalue weighted by atomic mass is 79.9. The van der Waals surface area contributed by atoms with Crippen LogP contribution in [0, 0.1) is 6.92 Å². The Labute approximate surface area is 151 Å². The molecule has 0 saturated heterocycles. The first kappa shape index (κ1) is 17.0. The molecule has 24 heavy (non-hydrogen) atoms. The molecule has 0 radical (unpaired) electrons. The fraction of sp³-hybridized carbons (Fsp3) is 0.368. The van der Waals surface area contributed by atoms with E-state index in [0.717, 1.165) is 28.7 Å². The van der Waals surface area contributed by atoms with E-state index in [1.165, 1.54) is 24.8 Å². The summed E-state index contributed by atoms with van der Waals surface area (Å²) in [5, 5.41) is 6.44. The molecular weight excluding hydrogens is 366 g/mol. The lowest BCUT2D eigenvalue weighted by molar-refractivity contribution is 0.0927. The summed E-state index contributed by atoms with van der Waals surface area (Å²) in [7, 11) is 0. The molecular formula is C19H22BrN3O. The minimum absolute atomic E-state index is 0.0407. The third-order valence-corrected chi connectivity index (χ3v) is 5.00. The van der Waals surface area contributed by atoms with Crippen molar-refractivity contribution in [2.45, 2.75) is 45.1 Å². The van der Waals surface area contributed by atoms with Crippen LogP contribution >= 0.6 is 15.9 Å². The first-order valence-electron chi connectivity index (χ1n) is 8.41. The number of amides is 1. The summed E-state index contributed by atoms with van der Waals surface area (Å²) in [6.07, 6.45) is 9.18. The summed E-state index contributed by atoms with van der Waals surface area (Å²) in [6, 6.07) is 8.25. The van der Waals surface area contributed by atoms with E-state index in [1.807, 2.05) is 25.1 Å². The molecule has 0 spiro atoms. The monoisotopic (exact) mass is 387 g/mol. The van der Waals surface area contributed by atoms with Gasteiger partial charge in [-0.05, 0) is 59.5 Å². The number of carbonyl (C=O) groups is 1. The molecule has 2 N–H and O–H groups in total. The number of hydrogen-bond acceptors (Lipinski definition) is 3. The summed E-state index contributed by atoms with van der Waals surface area (Å²) in [6.45, 7) is 2.05. The molecule has 0 aliphatic heterocycles. The van der Waals surface area contributed by atoms with E-state index in [4.69, 9.17) is 0 Å². The molecule has 1 aromatic carbocycles. The summed E-state index contributed by atoms with van der Waals surface area (Å²) in [5.74, 6) is -0.0407. The van der Waals surface area contributed by atoms with Crippen molar-refractivity contribution in [1.29, 1.82) is 0 Å². The smallest absolute Gasteiger partial charge is 0.253 e. The highest BCUT2D eigenvalue weighted by Gasteiger charge is 2.17. The fourth-order valence-electron chi connectivity index (χ4n) is 3.03. The molecule has 1 saturated carbocycles. The van der Waals surface area contributed by atoms with Gasteiger partial charge in [-0.25, -0.2) is 0 Å². The van der Waals surface area contributed by atoms with Crippen LogP contribution in [0.5, 0.6) is 0 Å². The second-order valence-electron chi connectivity index (χ2n) is 6.38. The SMILES string of the molecule is Cc1ccc(Nc2cncc(C(=O)NC3CCCCC3)c2)c(Br)c1. The Morgan fingerprint density at radius 2 is 1.96 bits per heavy atom. The van der Waals surface area contributed by atoms with Crippen molar-refractivity contribution in [3.8, 4) is 0 Å². The molecule has 1 aliphatic carbocycles. The third-order valence-electron chi connectivity index (χ3n) is 4.34. The number of carbonyl (C=O) groups excluding carboxylic acids is 1. The highest BCUT2D eigenvalue weighted by Crippen LogP contribution is 2.27. The molecule has 126 valence electrons. The van der Waals surface area contributed by atoms with Crippen molar-refractivity contribution >= 4 is 33.2 Å². The van der Waals surface area contributed by atoms with Gasteiger partial charge in [0, 0.05) is 16.7 Å². The van der Waals surface area contributed by atoms with Crippen molar-refractivity contribution in [3.05, 3.63) is 52.3 Å². The molecule has 1 fully saturated rings. The number of halogens is 1. The predicted molar refractivity (Wildman–Crippen MR) is 101 cm³/mol. The van der Waals surface area contributed by atoms with Crippen LogP contribution in [0.3, 0.4) is 0 Å². The number of anilines is 2. The Hall–Kier alpha value is -1.88. The van der Waals surface area contributed by atoms with E-state index in [2.05, 4.69) is 37.6 Å². The largest absolute Gasteiger partial charge is 0.353 e. The number of nitrogens with zero attached hydrogens (tertiary/aromatic N) is 1. The quantitative estimate of drug-likeness (QED) is 0.779. The van der Waals surface area contributed by atoms with Crippen molar-refractivity contribution in [1.82, 2.24) is 10.3 Å². The molecule has 5 heteroatoms. The van der Waals surface area contributed by atoms with Crippen molar-refractivity contribution in [3.63, 3.8) is 0 Å². The topological polar surface area (TPSA) is 54.0 Å². The van der Waals surface area contributed by atoms with Gasteiger partial charge in [0.05, 0.1) is 23.1 Å². The van der Waals surface area contributed by atoms with Crippen molar-refractivity contribution in [2.24, 2.45) is 0 Å². The first-order chi connectivity index (χ1) is 11.6.